The van der Waals surface area contributed by atoms with Crippen LogP contribution in [0.25, 0.3) is 0 Å². The van der Waals surface area contributed by atoms with E-state index in [2.05, 4.69) is 21.8 Å². The van der Waals surface area contributed by atoms with Crippen LogP contribution in [0.1, 0.15) is 6.92 Å². The van der Waals surface area contributed by atoms with Crippen LogP contribution in [0.2, 0.25) is 0 Å². The molecule has 1 heterocycles. The van der Waals surface area contributed by atoms with Crippen LogP contribution in [0.15, 0.2) is 24.5 Å². The first kappa shape index (κ1) is 14.7. The first-order valence-electron chi connectivity index (χ1n) is 5.77. The normalized spacial score (nSPS) is 9.71. The second kappa shape index (κ2) is 6.61. The Morgan fingerprint density at radius 3 is 2.57 bits per heavy atom. The molecule has 0 aliphatic rings. The van der Waals surface area contributed by atoms with Crippen molar-refractivity contribution in [1.82, 2.24) is 9.97 Å². The van der Waals surface area contributed by atoms with Gasteiger partial charge >= 0.3 is 0 Å². The van der Waals surface area contributed by atoms with Gasteiger partial charge in [-0.05, 0) is 19.1 Å². The predicted molar refractivity (Wildman–Crippen MR) is 67.4 cm³/mol. The van der Waals surface area contributed by atoms with Crippen LogP contribution in [-0.4, -0.2) is 16.6 Å². The molecule has 108 valence electrons. The van der Waals surface area contributed by atoms with E-state index in [1.54, 1.807) is 6.92 Å². The topological polar surface area (TPSA) is 44.2 Å². The second-order valence-electron chi connectivity index (χ2n) is 3.68. The zero-order valence-electron chi connectivity index (χ0n) is 10.9. The van der Waals surface area contributed by atoms with Crippen LogP contribution in [0, 0.1) is 29.3 Å². The molecule has 0 bridgehead atoms. The Balaban J connectivity index is 2.21. The molecule has 0 unspecified atom stereocenters. The highest BCUT2D eigenvalue weighted by molar-refractivity contribution is 5.32. The number of benzene rings is 1. The van der Waals surface area contributed by atoms with Gasteiger partial charge in [-0.2, -0.15) is 4.39 Å². The third kappa shape index (κ3) is 3.63. The van der Waals surface area contributed by atoms with Crippen molar-refractivity contribution in [2.45, 2.75) is 6.92 Å². The highest BCUT2D eigenvalue weighted by Gasteiger charge is 2.17. The standard InChI is InChI=1S/C14H9F3N2O2/c1-2-3-6-20-11-7-12(19-8-18-11)21-14-10(16)5-4-9(15)13(14)17/h4-5,7-8H,6H2,1H3. The van der Waals surface area contributed by atoms with E-state index in [0.29, 0.717) is 6.07 Å². The lowest BCUT2D eigenvalue weighted by Crippen LogP contribution is -2.00. The summed E-state index contributed by atoms with van der Waals surface area (Å²) in [5.74, 6) is 0.601. The molecule has 1 aromatic heterocycles. The van der Waals surface area contributed by atoms with Crippen LogP contribution in [0.5, 0.6) is 17.5 Å². The molecule has 0 fully saturated rings. The van der Waals surface area contributed by atoms with Gasteiger partial charge in [0.25, 0.3) is 0 Å². The fourth-order valence-electron chi connectivity index (χ4n) is 1.35. The Kier molecular flexibility index (Phi) is 4.61. The lowest BCUT2D eigenvalue weighted by Gasteiger charge is -2.08. The SMILES string of the molecule is CC#CCOc1cc(Oc2c(F)ccc(F)c2F)ncn1. The van der Waals surface area contributed by atoms with Gasteiger partial charge in [0.1, 0.15) is 6.33 Å². The minimum absolute atomic E-state index is 0.0929. The van der Waals surface area contributed by atoms with Gasteiger partial charge in [-0.25, -0.2) is 18.7 Å². The van der Waals surface area contributed by atoms with Crippen LogP contribution in [0.4, 0.5) is 13.2 Å². The number of ether oxygens (including phenoxy) is 2. The average molecular weight is 294 g/mol. The quantitative estimate of drug-likeness (QED) is 0.642. The first-order valence-corrected chi connectivity index (χ1v) is 5.77. The maximum absolute atomic E-state index is 13.5. The second-order valence-corrected chi connectivity index (χ2v) is 3.68. The Hall–Kier alpha value is -2.75. The maximum atomic E-state index is 13.5. The summed E-state index contributed by atoms with van der Waals surface area (Å²) in [5, 5.41) is 0. The van der Waals surface area contributed by atoms with E-state index in [9.17, 15) is 13.2 Å². The number of rotatable bonds is 4. The van der Waals surface area contributed by atoms with Crippen molar-refractivity contribution in [2.24, 2.45) is 0 Å². The summed E-state index contributed by atoms with van der Waals surface area (Å²) in [6, 6.07) is 2.62. The van der Waals surface area contributed by atoms with Crippen molar-refractivity contribution in [3.63, 3.8) is 0 Å². The van der Waals surface area contributed by atoms with Gasteiger partial charge in [-0.15, -0.1) is 5.92 Å². The molecule has 4 nitrogen and oxygen atoms in total. The van der Waals surface area contributed by atoms with E-state index < -0.39 is 23.2 Å². The number of hydrogen-bond donors (Lipinski definition) is 0. The molecule has 1 aromatic carbocycles. The zero-order chi connectivity index (χ0) is 15.2. The number of halogens is 3. The molecule has 0 amide bonds. The Morgan fingerprint density at radius 1 is 1.10 bits per heavy atom. The smallest absolute Gasteiger partial charge is 0.226 e. The van der Waals surface area contributed by atoms with Gasteiger partial charge in [0.15, 0.2) is 18.2 Å². The van der Waals surface area contributed by atoms with E-state index in [4.69, 9.17) is 9.47 Å². The molecule has 0 atom stereocenters. The molecule has 2 aromatic rings. The third-order valence-corrected chi connectivity index (χ3v) is 2.29. The number of aromatic nitrogens is 2. The molecule has 0 saturated heterocycles. The van der Waals surface area contributed by atoms with Crippen molar-refractivity contribution < 1.29 is 22.6 Å². The Morgan fingerprint density at radius 2 is 1.81 bits per heavy atom. The molecule has 0 saturated carbocycles. The van der Waals surface area contributed by atoms with Crippen LogP contribution in [-0.2, 0) is 0 Å². The lowest BCUT2D eigenvalue weighted by atomic mass is 10.3. The van der Waals surface area contributed by atoms with Crippen molar-refractivity contribution in [1.29, 1.82) is 0 Å². The van der Waals surface area contributed by atoms with Crippen molar-refractivity contribution in [3.8, 4) is 29.4 Å². The molecule has 2 rings (SSSR count). The molecular formula is C14H9F3N2O2. The van der Waals surface area contributed by atoms with Crippen molar-refractivity contribution >= 4 is 0 Å². The third-order valence-electron chi connectivity index (χ3n) is 2.29. The monoisotopic (exact) mass is 294 g/mol. The lowest BCUT2D eigenvalue weighted by molar-refractivity contribution is 0.343. The molecule has 7 heteroatoms. The molecule has 0 aliphatic heterocycles. The van der Waals surface area contributed by atoms with E-state index in [0.717, 1.165) is 12.4 Å². The van der Waals surface area contributed by atoms with E-state index in [-0.39, 0.29) is 18.4 Å². The van der Waals surface area contributed by atoms with Crippen molar-refractivity contribution in [2.75, 3.05) is 6.61 Å². The van der Waals surface area contributed by atoms with Crippen LogP contribution in [0.3, 0.4) is 0 Å². The predicted octanol–water partition coefficient (Wildman–Crippen LogP) is 3.09. The van der Waals surface area contributed by atoms with E-state index >= 15 is 0 Å². The molecule has 21 heavy (non-hydrogen) atoms. The van der Waals surface area contributed by atoms with Gasteiger partial charge in [-0.1, -0.05) is 5.92 Å². The highest BCUT2D eigenvalue weighted by atomic mass is 19.2. The minimum Gasteiger partial charge on any atom is -0.464 e. The molecular weight excluding hydrogens is 285 g/mol. The summed E-state index contributed by atoms with van der Waals surface area (Å²) < 4.78 is 50.0. The van der Waals surface area contributed by atoms with E-state index in [1.165, 1.54) is 6.07 Å². The fraction of sp³-hybridized carbons (Fsp3) is 0.143. The zero-order valence-corrected chi connectivity index (χ0v) is 10.9. The largest absolute Gasteiger partial charge is 0.464 e. The summed E-state index contributed by atoms with van der Waals surface area (Å²) >= 11 is 0. The summed E-state index contributed by atoms with van der Waals surface area (Å²) in [7, 11) is 0. The van der Waals surface area contributed by atoms with Crippen LogP contribution < -0.4 is 9.47 Å². The van der Waals surface area contributed by atoms with Crippen molar-refractivity contribution in [3.05, 3.63) is 42.0 Å². The highest BCUT2D eigenvalue weighted by Crippen LogP contribution is 2.28. The summed E-state index contributed by atoms with van der Waals surface area (Å²) in [6.07, 6.45) is 1.08. The van der Waals surface area contributed by atoms with Gasteiger partial charge in [0.2, 0.25) is 23.3 Å². The minimum atomic E-state index is -1.44. The molecule has 0 spiro atoms. The maximum Gasteiger partial charge on any atom is 0.226 e. The Bertz CT molecular complexity index is 711. The Labute approximate surface area is 118 Å². The number of nitrogens with zero attached hydrogens (tertiary/aromatic N) is 2. The first-order chi connectivity index (χ1) is 10.1. The van der Waals surface area contributed by atoms with Gasteiger partial charge < -0.3 is 9.47 Å². The number of hydrogen-bond acceptors (Lipinski definition) is 4. The molecule has 0 aliphatic carbocycles. The van der Waals surface area contributed by atoms with Gasteiger partial charge in [-0.3, -0.25) is 0 Å². The summed E-state index contributed by atoms with van der Waals surface area (Å²) in [4.78, 5) is 7.44. The fourth-order valence-corrected chi connectivity index (χ4v) is 1.35. The van der Waals surface area contributed by atoms with Crippen LogP contribution >= 0.6 is 0 Å². The van der Waals surface area contributed by atoms with Gasteiger partial charge in [0, 0.05) is 0 Å². The average Bonchev–Trinajstić information content (AvgIpc) is 2.48. The molecule has 0 N–H and O–H groups in total. The van der Waals surface area contributed by atoms with E-state index in [1.807, 2.05) is 0 Å². The summed E-state index contributed by atoms with van der Waals surface area (Å²) in [5.41, 5.74) is 0. The molecule has 0 radical (unpaired) electrons. The summed E-state index contributed by atoms with van der Waals surface area (Å²) in [6.45, 7) is 1.74. The van der Waals surface area contributed by atoms with Gasteiger partial charge in [0.05, 0.1) is 6.07 Å².